The number of sulfonamides is 1. The van der Waals surface area contributed by atoms with Crippen LogP contribution in [0.4, 0.5) is 5.69 Å². The second kappa shape index (κ2) is 7.88. The molecule has 2 aromatic carbocycles. The third-order valence-electron chi connectivity index (χ3n) is 4.59. The first-order valence-corrected chi connectivity index (χ1v) is 10.5. The van der Waals surface area contributed by atoms with Gasteiger partial charge in [-0.3, -0.25) is 4.79 Å². The van der Waals surface area contributed by atoms with E-state index in [1.54, 1.807) is 19.1 Å². The van der Waals surface area contributed by atoms with E-state index in [1.165, 1.54) is 28.6 Å². The number of carbonyl (C=O) groups excluding carboxylic acids is 1. The molecule has 0 atom stereocenters. The molecule has 1 aliphatic rings. The molecule has 0 aromatic heterocycles. The average Bonchev–Trinajstić information content (AvgIpc) is 2.65. The maximum Gasteiger partial charge on any atom is 0.255 e. The van der Waals surface area contributed by atoms with Crippen LogP contribution in [0.1, 0.15) is 35.2 Å². The lowest BCUT2D eigenvalue weighted by Crippen LogP contribution is -2.36. The Hall–Kier alpha value is -2.09. The molecule has 0 radical (unpaired) electrons. The number of phenolic OH excluding ortho intramolecular Hbond substituents is 1. The monoisotopic (exact) mass is 408 g/mol. The second-order valence-corrected chi connectivity index (χ2v) is 8.90. The van der Waals surface area contributed by atoms with Gasteiger partial charge in [0.15, 0.2) is 0 Å². The van der Waals surface area contributed by atoms with Crippen molar-refractivity contribution in [2.24, 2.45) is 0 Å². The third-order valence-corrected chi connectivity index (χ3v) is 6.87. The molecular weight excluding hydrogens is 388 g/mol. The van der Waals surface area contributed by atoms with Crippen molar-refractivity contribution in [2.45, 2.75) is 31.1 Å². The Kier molecular flexibility index (Phi) is 5.74. The van der Waals surface area contributed by atoms with Gasteiger partial charge in [0.25, 0.3) is 5.91 Å². The quantitative estimate of drug-likeness (QED) is 0.753. The predicted octanol–water partition coefficient (Wildman–Crippen LogP) is 3.78. The molecular formula is C19H21ClN2O4S. The zero-order valence-electron chi connectivity index (χ0n) is 14.9. The predicted molar refractivity (Wildman–Crippen MR) is 105 cm³/mol. The molecule has 0 saturated carbocycles. The highest BCUT2D eigenvalue weighted by atomic mass is 35.5. The van der Waals surface area contributed by atoms with E-state index in [-0.39, 0.29) is 21.9 Å². The smallest absolute Gasteiger partial charge is 0.255 e. The maximum absolute atomic E-state index is 13.0. The number of aromatic hydroxyl groups is 1. The largest absolute Gasteiger partial charge is 0.506 e. The van der Waals surface area contributed by atoms with Crippen LogP contribution in [0.5, 0.6) is 5.75 Å². The fourth-order valence-corrected chi connectivity index (χ4v) is 5.01. The fourth-order valence-electron chi connectivity index (χ4n) is 3.07. The summed E-state index contributed by atoms with van der Waals surface area (Å²) >= 11 is 5.89. The summed E-state index contributed by atoms with van der Waals surface area (Å²) in [6.45, 7) is 2.70. The van der Waals surface area contributed by atoms with Gasteiger partial charge in [-0.1, -0.05) is 24.1 Å². The lowest BCUT2D eigenvalue weighted by molar-refractivity contribution is 0.102. The Morgan fingerprint density at radius 1 is 1.11 bits per heavy atom. The van der Waals surface area contributed by atoms with Gasteiger partial charge in [-0.15, -0.1) is 0 Å². The Morgan fingerprint density at radius 2 is 1.81 bits per heavy atom. The Balaban J connectivity index is 1.90. The zero-order chi connectivity index (χ0) is 19.6. The molecule has 1 aliphatic heterocycles. The summed E-state index contributed by atoms with van der Waals surface area (Å²) in [7, 11) is -3.65. The topological polar surface area (TPSA) is 86.7 Å². The fraction of sp³-hybridized carbons (Fsp3) is 0.316. The lowest BCUT2D eigenvalue weighted by Gasteiger charge is -2.26. The minimum absolute atomic E-state index is 0.124. The van der Waals surface area contributed by atoms with E-state index in [4.69, 9.17) is 11.6 Å². The number of rotatable bonds is 4. The summed E-state index contributed by atoms with van der Waals surface area (Å²) in [5.74, 6) is -0.649. The number of nitrogens with one attached hydrogen (secondary N) is 1. The van der Waals surface area contributed by atoms with Crippen LogP contribution in [0.2, 0.25) is 5.02 Å². The van der Waals surface area contributed by atoms with E-state index in [0.29, 0.717) is 23.7 Å². The second-order valence-electron chi connectivity index (χ2n) is 6.56. The van der Waals surface area contributed by atoms with Crippen molar-refractivity contribution in [2.75, 3.05) is 18.4 Å². The minimum atomic E-state index is -3.65. The van der Waals surface area contributed by atoms with Gasteiger partial charge in [-0.25, -0.2) is 8.42 Å². The van der Waals surface area contributed by atoms with Gasteiger partial charge in [-0.05, 0) is 55.7 Å². The first-order chi connectivity index (χ1) is 12.8. The van der Waals surface area contributed by atoms with E-state index >= 15 is 0 Å². The molecule has 1 amide bonds. The van der Waals surface area contributed by atoms with Gasteiger partial charge in [0.05, 0.1) is 10.6 Å². The van der Waals surface area contributed by atoms with Gasteiger partial charge in [-0.2, -0.15) is 4.31 Å². The van der Waals surface area contributed by atoms with E-state index in [9.17, 15) is 18.3 Å². The van der Waals surface area contributed by atoms with Crippen molar-refractivity contribution in [1.82, 2.24) is 4.31 Å². The molecule has 0 unspecified atom stereocenters. The molecule has 3 rings (SSSR count). The number of aryl methyl sites for hydroxylation is 1. The molecule has 27 heavy (non-hydrogen) atoms. The van der Waals surface area contributed by atoms with E-state index in [0.717, 1.165) is 19.3 Å². The van der Waals surface area contributed by atoms with Gasteiger partial charge in [0.1, 0.15) is 5.75 Å². The molecule has 6 nitrogen and oxygen atoms in total. The molecule has 2 aromatic rings. The molecule has 0 aliphatic carbocycles. The molecule has 0 spiro atoms. The highest BCUT2D eigenvalue weighted by Gasteiger charge is 2.28. The number of phenols is 1. The van der Waals surface area contributed by atoms with Crippen LogP contribution in [0.25, 0.3) is 0 Å². The van der Waals surface area contributed by atoms with Gasteiger partial charge in [0, 0.05) is 23.7 Å². The first-order valence-electron chi connectivity index (χ1n) is 8.70. The van der Waals surface area contributed by atoms with Crippen molar-refractivity contribution in [3.8, 4) is 5.75 Å². The van der Waals surface area contributed by atoms with Crippen LogP contribution in [0.15, 0.2) is 41.3 Å². The highest BCUT2D eigenvalue weighted by Crippen LogP contribution is 2.28. The number of halogens is 1. The number of anilines is 1. The highest BCUT2D eigenvalue weighted by molar-refractivity contribution is 7.89. The number of benzene rings is 2. The average molecular weight is 409 g/mol. The Labute approximate surface area is 163 Å². The van der Waals surface area contributed by atoms with Crippen molar-refractivity contribution in [3.05, 3.63) is 52.5 Å². The zero-order valence-corrected chi connectivity index (χ0v) is 16.5. The summed E-state index contributed by atoms with van der Waals surface area (Å²) in [4.78, 5) is 12.7. The molecule has 144 valence electrons. The van der Waals surface area contributed by atoms with Crippen LogP contribution >= 0.6 is 11.6 Å². The Bertz CT molecular complexity index is 970. The first kappa shape index (κ1) is 19.7. The number of amides is 1. The van der Waals surface area contributed by atoms with Gasteiger partial charge in [0.2, 0.25) is 10.0 Å². The summed E-state index contributed by atoms with van der Waals surface area (Å²) < 4.78 is 27.4. The van der Waals surface area contributed by atoms with Crippen molar-refractivity contribution in [3.63, 3.8) is 0 Å². The summed E-state index contributed by atoms with van der Waals surface area (Å²) in [5, 5.41) is 12.8. The third kappa shape index (κ3) is 4.26. The van der Waals surface area contributed by atoms with Crippen LogP contribution in [0, 0.1) is 6.92 Å². The van der Waals surface area contributed by atoms with Crippen LogP contribution in [-0.4, -0.2) is 36.8 Å². The van der Waals surface area contributed by atoms with E-state index in [1.807, 2.05) is 0 Å². The molecule has 1 saturated heterocycles. The molecule has 0 bridgehead atoms. The summed E-state index contributed by atoms with van der Waals surface area (Å²) in [5.41, 5.74) is 0.937. The van der Waals surface area contributed by atoms with Crippen molar-refractivity contribution < 1.29 is 18.3 Å². The summed E-state index contributed by atoms with van der Waals surface area (Å²) in [6.07, 6.45) is 2.70. The minimum Gasteiger partial charge on any atom is -0.506 e. The maximum atomic E-state index is 13.0. The standard InChI is InChI=1S/C19H21ClN2O4S/c1-13-5-6-14(19(24)21-16-12-15(20)7-8-17(16)23)11-18(13)27(25,26)22-9-3-2-4-10-22/h5-8,11-12,23H,2-4,9-10H2,1H3,(H,21,24). The van der Waals surface area contributed by atoms with Crippen molar-refractivity contribution >= 4 is 33.2 Å². The summed E-state index contributed by atoms with van der Waals surface area (Å²) in [6, 6.07) is 8.86. The van der Waals surface area contributed by atoms with Gasteiger partial charge >= 0.3 is 0 Å². The van der Waals surface area contributed by atoms with Crippen LogP contribution in [0.3, 0.4) is 0 Å². The van der Waals surface area contributed by atoms with Gasteiger partial charge < -0.3 is 10.4 Å². The van der Waals surface area contributed by atoms with Crippen molar-refractivity contribution in [1.29, 1.82) is 0 Å². The number of nitrogens with zero attached hydrogens (tertiary/aromatic N) is 1. The Morgan fingerprint density at radius 3 is 2.52 bits per heavy atom. The number of carbonyl (C=O) groups is 1. The number of piperidine rings is 1. The normalized spacial score (nSPS) is 15.5. The van der Waals surface area contributed by atoms with E-state index < -0.39 is 15.9 Å². The molecule has 2 N–H and O–H groups in total. The molecule has 8 heteroatoms. The van der Waals surface area contributed by atoms with Crippen LogP contribution in [-0.2, 0) is 10.0 Å². The molecule has 1 fully saturated rings. The lowest BCUT2D eigenvalue weighted by atomic mass is 10.1. The molecule has 1 heterocycles. The number of hydrogen-bond donors (Lipinski definition) is 2. The number of hydrogen-bond acceptors (Lipinski definition) is 4. The SMILES string of the molecule is Cc1ccc(C(=O)Nc2cc(Cl)ccc2O)cc1S(=O)(=O)N1CCCCC1. The van der Waals surface area contributed by atoms with E-state index in [2.05, 4.69) is 5.32 Å². The van der Waals surface area contributed by atoms with Crippen LogP contribution < -0.4 is 5.32 Å².